The molecule has 1 amide bonds. The number of nitrogens with one attached hydrogen (secondary N) is 1. The van der Waals surface area contributed by atoms with E-state index in [1.807, 2.05) is 72.8 Å². The van der Waals surface area contributed by atoms with E-state index in [1.165, 1.54) is 9.13 Å². The third kappa shape index (κ3) is 6.68. The summed E-state index contributed by atoms with van der Waals surface area (Å²) in [6, 6.07) is 23.1. The minimum absolute atomic E-state index is 0.0269. The molecule has 1 N–H and O–H groups in total. The number of nitrogens with zero attached hydrogens (tertiary/aromatic N) is 1. The molecule has 0 aliphatic heterocycles. The summed E-state index contributed by atoms with van der Waals surface area (Å²) in [5, 5.41) is 12.2. The number of carbonyl (C=O) groups is 1. The summed E-state index contributed by atoms with van der Waals surface area (Å²) in [7, 11) is 0. The maximum Gasteiger partial charge on any atom is 0.266 e. The molecule has 0 spiro atoms. The number of halogens is 2. The summed E-state index contributed by atoms with van der Waals surface area (Å²) in [5.74, 6) is 0.247. The van der Waals surface area contributed by atoms with Gasteiger partial charge >= 0.3 is 0 Å². The molecule has 4 nitrogen and oxygen atoms in total. The fourth-order valence-electron chi connectivity index (χ4n) is 2.80. The van der Waals surface area contributed by atoms with E-state index in [1.54, 1.807) is 6.08 Å². The zero-order valence-corrected chi connectivity index (χ0v) is 20.6. The van der Waals surface area contributed by atoms with Crippen molar-refractivity contribution in [3.05, 3.63) is 97.0 Å². The normalized spacial score (nSPS) is 11.0. The number of anilines is 1. The zero-order chi connectivity index (χ0) is 22.2. The van der Waals surface area contributed by atoms with Crippen molar-refractivity contribution in [1.82, 2.24) is 0 Å². The van der Waals surface area contributed by atoms with Crippen LogP contribution in [-0.2, 0) is 17.8 Å². The highest BCUT2D eigenvalue weighted by molar-refractivity contribution is 14.1. The van der Waals surface area contributed by atoms with E-state index < -0.39 is 5.91 Å². The molecule has 0 fully saturated rings. The van der Waals surface area contributed by atoms with Gasteiger partial charge in [0.15, 0.2) is 0 Å². The summed E-state index contributed by atoms with van der Waals surface area (Å²) in [6.45, 7) is 2.52. The second-order valence-electron chi connectivity index (χ2n) is 6.78. The second-order valence-corrected chi connectivity index (χ2v) is 8.88. The Morgan fingerprint density at radius 2 is 1.77 bits per heavy atom. The Balaban J connectivity index is 1.68. The second kappa shape index (κ2) is 11.1. The number of aryl methyl sites for hydroxylation is 1. The van der Waals surface area contributed by atoms with Crippen molar-refractivity contribution in [1.29, 1.82) is 5.26 Å². The highest BCUT2D eigenvalue weighted by Crippen LogP contribution is 2.28. The molecule has 3 aromatic rings. The van der Waals surface area contributed by atoms with Gasteiger partial charge in [0.2, 0.25) is 0 Å². The van der Waals surface area contributed by atoms with Gasteiger partial charge in [0.1, 0.15) is 24.0 Å². The Morgan fingerprint density at radius 1 is 1.10 bits per heavy atom. The van der Waals surface area contributed by atoms with Crippen molar-refractivity contribution in [3.8, 4) is 11.8 Å². The van der Waals surface area contributed by atoms with E-state index >= 15 is 0 Å². The van der Waals surface area contributed by atoms with Crippen LogP contribution < -0.4 is 10.1 Å². The van der Waals surface area contributed by atoms with E-state index in [9.17, 15) is 10.1 Å². The van der Waals surface area contributed by atoms with Gasteiger partial charge in [-0.3, -0.25) is 4.79 Å². The summed E-state index contributed by atoms with van der Waals surface area (Å²) in [4.78, 5) is 12.5. The van der Waals surface area contributed by atoms with Crippen molar-refractivity contribution in [2.45, 2.75) is 20.0 Å². The van der Waals surface area contributed by atoms with E-state index in [4.69, 9.17) is 4.74 Å². The van der Waals surface area contributed by atoms with Gasteiger partial charge in [0.25, 0.3) is 5.91 Å². The molecule has 0 saturated heterocycles. The Bertz CT molecular complexity index is 1130. The third-order valence-electron chi connectivity index (χ3n) is 4.56. The maximum atomic E-state index is 12.5. The fourth-order valence-corrected chi connectivity index (χ4v) is 3.67. The van der Waals surface area contributed by atoms with E-state index in [2.05, 4.69) is 50.8 Å². The van der Waals surface area contributed by atoms with E-state index in [0.29, 0.717) is 18.0 Å². The summed E-state index contributed by atoms with van der Waals surface area (Å²) in [5.41, 5.74) is 3.67. The molecule has 3 aromatic carbocycles. The minimum atomic E-state index is -0.443. The number of carbonyl (C=O) groups excluding carboxylic acids is 1. The van der Waals surface area contributed by atoms with Gasteiger partial charge in [-0.25, -0.2) is 0 Å². The molecule has 6 heteroatoms. The van der Waals surface area contributed by atoms with E-state index in [0.717, 1.165) is 22.0 Å². The molecule has 0 aliphatic carbocycles. The molecule has 0 bridgehead atoms. The van der Waals surface area contributed by atoms with E-state index in [-0.39, 0.29) is 5.57 Å². The molecule has 156 valence electrons. The molecule has 0 atom stereocenters. The van der Waals surface area contributed by atoms with Gasteiger partial charge in [-0.05, 0) is 104 Å². The first-order chi connectivity index (χ1) is 15.0. The standard InChI is InChI=1S/C25H20BrIN2O2/c1-2-17-5-10-22(11-6-17)29-25(30)20(15-28)13-19-7-12-24(23(26)14-19)31-16-18-3-8-21(27)9-4-18/h3-14H,2,16H2,1H3,(H,29,30)/b20-13-. The van der Waals surface area contributed by atoms with Crippen LogP contribution >= 0.6 is 38.5 Å². The van der Waals surface area contributed by atoms with Gasteiger partial charge in [0, 0.05) is 9.26 Å². The van der Waals surface area contributed by atoms with Crippen molar-refractivity contribution in [2.75, 3.05) is 5.32 Å². The first-order valence-corrected chi connectivity index (χ1v) is 11.5. The number of benzene rings is 3. The van der Waals surface area contributed by atoms with Crippen molar-refractivity contribution < 1.29 is 9.53 Å². The van der Waals surface area contributed by atoms with Crippen LogP contribution in [0.1, 0.15) is 23.6 Å². The first-order valence-electron chi connectivity index (χ1n) is 9.67. The molecule has 0 unspecified atom stereocenters. The van der Waals surface area contributed by atoms with Crippen LogP contribution in [0.3, 0.4) is 0 Å². The molecular weight excluding hydrogens is 567 g/mol. The number of hydrogen-bond acceptors (Lipinski definition) is 3. The highest BCUT2D eigenvalue weighted by Gasteiger charge is 2.11. The maximum absolute atomic E-state index is 12.5. The summed E-state index contributed by atoms with van der Waals surface area (Å²) < 4.78 is 7.80. The first kappa shape index (κ1) is 23.0. The summed E-state index contributed by atoms with van der Waals surface area (Å²) in [6.07, 6.45) is 2.49. The molecule has 0 saturated carbocycles. The highest BCUT2D eigenvalue weighted by atomic mass is 127. The Labute approximate surface area is 204 Å². The minimum Gasteiger partial charge on any atom is -0.488 e. The lowest BCUT2D eigenvalue weighted by molar-refractivity contribution is -0.112. The van der Waals surface area contributed by atoms with Crippen LogP contribution in [0.5, 0.6) is 5.75 Å². The van der Waals surface area contributed by atoms with Crippen LogP contribution in [0.25, 0.3) is 6.08 Å². The van der Waals surface area contributed by atoms with Crippen LogP contribution in [0.15, 0.2) is 76.8 Å². The lowest BCUT2D eigenvalue weighted by atomic mass is 10.1. The monoisotopic (exact) mass is 586 g/mol. The lowest BCUT2D eigenvalue weighted by Crippen LogP contribution is -2.13. The number of hydrogen-bond donors (Lipinski definition) is 1. The third-order valence-corrected chi connectivity index (χ3v) is 5.90. The zero-order valence-electron chi connectivity index (χ0n) is 16.9. The Hall–Kier alpha value is -2.63. The van der Waals surface area contributed by atoms with Crippen LogP contribution in [-0.4, -0.2) is 5.91 Å². The van der Waals surface area contributed by atoms with Gasteiger partial charge in [-0.15, -0.1) is 0 Å². The molecule has 0 aromatic heterocycles. The number of ether oxygens (including phenoxy) is 1. The van der Waals surface area contributed by atoms with Crippen LogP contribution in [0.4, 0.5) is 5.69 Å². The number of amides is 1. The van der Waals surface area contributed by atoms with Gasteiger partial charge < -0.3 is 10.1 Å². The predicted molar refractivity (Wildman–Crippen MR) is 136 cm³/mol. The Kier molecular flexibility index (Phi) is 8.27. The van der Waals surface area contributed by atoms with Crippen molar-refractivity contribution in [2.24, 2.45) is 0 Å². The number of nitriles is 1. The molecule has 3 rings (SSSR count). The topological polar surface area (TPSA) is 62.1 Å². The molecule has 0 radical (unpaired) electrons. The van der Waals surface area contributed by atoms with Gasteiger partial charge in [0.05, 0.1) is 4.47 Å². The molecule has 0 aliphatic rings. The molecule has 31 heavy (non-hydrogen) atoms. The SMILES string of the molecule is CCc1ccc(NC(=O)/C(C#N)=C\c2ccc(OCc3ccc(I)cc3)c(Br)c2)cc1. The van der Waals surface area contributed by atoms with Crippen molar-refractivity contribution in [3.63, 3.8) is 0 Å². The quantitative estimate of drug-likeness (QED) is 0.189. The molecular formula is C25H20BrIN2O2. The average Bonchev–Trinajstić information content (AvgIpc) is 2.78. The largest absolute Gasteiger partial charge is 0.488 e. The van der Waals surface area contributed by atoms with Gasteiger partial charge in [-0.2, -0.15) is 5.26 Å². The average molecular weight is 587 g/mol. The number of rotatable bonds is 7. The van der Waals surface area contributed by atoms with Crippen LogP contribution in [0.2, 0.25) is 0 Å². The Morgan fingerprint density at radius 3 is 2.39 bits per heavy atom. The fraction of sp³-hybridized carbons (Fsp3) is 0.120. The lowest BCUT2D eigenvalue weighted by Gasteiger charge is -2.09. The summed E-state index contributed by atoms with van der Waals surface area (Å²) >= 11 is 5.78. The van der Waals surface area contributed by atoms with Crippen molar-refractivity contribution >= 4 is 56.2 Å². The van der Waals surface area contributed by atoms with Gasteiger partial charge in [-0.1, -0.05) is 37.3 Å². The predicted octanol–water partition coefficient (Wildman–Crippen LogP) is 6.74. The smallest absolute Gasteiger partial charge is 0.266 e. The van der Waals surface area contributed by atoms with Crippen LogP contribution in [0, 0.1) is 14.9 Å². The molecule has 0 heterocycles.